The van der Waals surface area contributed by atoms with Crippen LogP contribution in [0.4, 0.5) is 0 Å². The number of aromatic nitrogens is 1. The molecule has 0 N–H and O–H groups in total. The summed E-state index contributed by atoms with van der Waals surface area (Å²) < 4.78 is 0.924. The second kappa shape index (κ2) is 5.25. The van der Waals surface area contributed by atoms with Gasteiger partial charge in [0.25, 0.3) is 0 Å². The lowest BCUT2D eigenvalue weighted by Gasteiger charge is -2.07. The maximum absolute atomic E-state index is 12.4. The third-order valence-corrected chi connectivity index (χ3v) is 4.08. The summed E-state index contributed by atoms with van der Waals surface area (Å²) in [6, 6.07) is 10.3. The average molecular weight is 316 g/mol. The van der Waals surface area contributed by atoms with E-state index in [1.54, 1.807) is 12.4 Å². The first-order valence-corrected chi connectivity index (χ1v) is 7.20. The molecular weight excluding hydrogens is 302 g/mol. The Morgan fingerprint density at radius 1 is 1.21 bits per heavy atom. The molecule has 0 bridgehead atoms. The van der Waals surface area contributed by atoms with Gasteiger partial charge in [0.05, 0.1) is 0 Å². The smallest absolute Gasteiger partial charge is 0.141 e. The molecule has 1 aromatic heterocycles. The number of pyridine rings is 1. The number of hydrogen-bond acceptors (Lipinski definition) is 2. The van der Waals surface area contributed by atoms with Crippen molar-refractivity contribution in [2.45, 2.75) is 19.3 Å². The monoisotopic (exact) mass is 315 g/mol. The number of rotatable bonds is 3. The molecule has 0 amide bonds. The number of ketones is 1. The number of Topliss-reactive ketones (excluding diaryl/α,β-unsaturated/α-hetero) is 1. The Bertz CT molecular complexity index is 599. The number of nitrogens with zero attached hydrogens (tertiary/aromatic N) is 1. The van der Waals surface area contributed by atoms with Crippen molar-refractivity contribution in [2.75, 3.05) is 0 Å². The van der Waals surface area contributed by atoms with Crippen molar-refractivity contribution >= 4 is 21.7 Å². The number of hydrogen-bond donors (Lipinski definition) is 0. The van der Waals surface area contributed by atoms with E-state index in [-0.39, 0.29) is 5.92 Å². The molecule has 0 spiro atoms. The lowest BCUT2D eigenvalue weighted by Crippen LogP contribution is -2.17. The van der Waals surface area contributed by atoms with Gasteiger partial charge in [-0.25, -0.2) is 0 Å². The van der Waals surface area contributed by atoms with Crippen LogP contribution in [0.3, 0.4) is 0 Å². The van der Waals surface area contributed by atoms with Gasteiger partial charge in [0.1, 0.15) is 5.78 Å². The maximum atomic E-state index is 12.4. The van der Waals surface area contributed by atoms with E-state index in [1.165, 1.54) is 11.1 Å². The van der Waals surface area contributed by atoms with Crippen LogP contribution in [-0.4, -0.2) is 10.8 Å². The first kappa shape index (κ1) is 12.5. The molecule has 0 saturated heterocycles. The first-order valence-electron chi connectivity index (χ1n) is 6.41. The van der Waals surface area contributed by atoms with Crippen LogP contribution in [0.15, 0.2) is 47.2 Å². The maximum Gasteiger partial charge on any atom is 0.141 e. The molecule has 1 aliphatic rings. The summed E-state index contributed by atoms with van der Waals surface area (Å²) >= 11 is 3.39. The number of carbonyl (C=O) groups is 1. The predicted molar refractivity (Wildman–Crippen MR) is 78.0 cm³/mol. The average Bonchev–Trinajstić information content (AvgIpc) is 2.82. The minimum absolute atomic E-state index is 0.136. The third kappa shape index (κ3) is 2.76. The molecule has 0 atom stereocenters. The summed E-state index contributed by atoms with van der Waals surface area (Å²) in [6.45, 7) is 0. The molecule has 3 rings (SSSR count). The fourth-order valence-corrected chi connectivity index (χ4v) is 3.10. The van der Waals surface area contributed by atoms with Crippen LogP contribution < -0.4 is 0 Å². The van der Waals surface area contributed by atoms with Gasteiger partial charge in [-0.2, -0.15) is 0 Å². The van der Waals surface area contributed by atoms with E-state index in [0.717, 1.165) is 22.9 Å². The minimum atomic E-state index is 0.136. The van der Waals surface area contributed by atoms with Crippen LogP contribution in [0.25, 0.3) is 0 Å². The number of fused-ring (bicyclic) bond motifs is 1. The minimum Gasteiger partial charge on any atom is -0.299 e. The molecular formula is C16H14BrNO. The largest absolute Gasteiger partial charge is 0.299 e. The Kier molecular flexibility index (Phi) is 3.47. The van der Waals surface area contributed by atoms with Gasteiger partial charge in [0.2, 0.25) is 0 Å². The highest BCUT2D eigenvalue weighted by molar-refractivity contribution is 9.10. The van der Waals surface area contributed by atoms with Crippen LogP contribution >= 0.6 is 15.9 Å². The van der Waals surface area contributed by atoms with E-state index in [4.69, 9.17) is 0 Å². The van der Waals surface area contributed by atoms with Crippen molar-refractivity contribution in [1.82, 2.24) is 4.98 Å². The Morgan fingerprint density at radius 2 is 1.89 bits per heavy atom. The Morgan fingerprint density at radius 3 is 2.53 bits per heavy atom. The molecule has 1 heterocycles. The third-order valence-electron chi connectivity index (χ3n) is 3.65. The molecule has 96 valence electrons. The van der Waals surface area contributed by atoms with Crippen LogP contribution in [0.1, 0.15) is 16.7 Å². The summed E-state index contributed by atoms with van der Waals surface area (Å²) in [6.07, 6.45) is 5.75. The Labute approximate surface area is 121 Å². The molecule has 0 unspecified atom stereocenters. The highest BCUT2D eigenvalue weighted by Gasteiger charge is 2.26. The second-order valence-corrected chi connectivity index (χ2v) is 5.94. The van der Waals surface area contributed by atoms with Crippen molar-refractivity contribution in [3.05, 3.63) is 63.9 Å². The van der Waals surface area contributed by atoms with Gasteiger partial charge in [0.15, 0.2) is 0 Å². The molecule has 1 aliphatic carbocycles. The van der Waals surface area contributed by atoms with Gasteiger partial charge in [-0.15, -0.1) is 0 Å². The fraction of sp³-hybridized carbons (Fsp3) is 0.250. The van der Waals surface area contributed by atoms with Gasteiger partial charge in [-0.05, 0) is 51.5 Å². The van der Waals surface area contributed by atoms with E-state index >= 15 is 0 Å². The molecule has 2 nitrogen and oxygen atoms in total. The second-order valence-electron chi connectivity index (χ2n) is 5.03. The molecule has 0 saturated carbocycles. The van der Waals surface area contributed by atoms with E-state index in [0.29, 0.717) is 12.2 Å². The molecule has 19 heavy (non-hydrogen) atoms. The SMILES string of the molecule is O=C(Cc1cncc(Br)c1)C1Cc2ccccc2C1. The number of benzene rings is 1. The topological polar surface area (TPSA) is 30.0 Å². The molecule has 2 aromatic rings. The van der Waals surface area contributed by atoms with Crippen molar-refractivity contribution in [3.63, 3.8) is 0 Å². The van der Waals surface area contributed by atoms with Gasteiger partial charge in [0, 0.05) is 29.2 Å². The molecule has 3 heteroatoms. The zero-order valence-electron chi connectivity index (χ0n) is 10.5. The number of carbonyl (C=O) groups excluding carboxylic acids is 1. The quantitative estimate of drug-likeness (QED) is 0.869. The summed E-state index contributed by atoms with van der Waals surface area (Å²) in [4.78, 5) is 16.5. The summed E-state index contributed by atoms with van der Waals surface area (Å²) in [5.74, 6) is 0.451. The zero-order valence-corrected chi connectivity index (χ0v) is 12.1. The van der Waals surface area contributed by atoms with Gasteiger partial charge in [-0.3, -0.25) is 9.78 Å². The normalized spacial score (nSPS) is 14.4. The van der Waals surface area contributed by atoms with E-state index < -0.39 is 0 Å². The van der Waals surface area contributed by atoms with Crippen molar-refractivity contribution in [2.24, 2.45) is 5.92 Å². The molecule has 1 aromatic carbocycles. The summed E-state index contributed by atoms with van der Waals surface area (Å²) in [5.41, 5.74) is 3.64. The number of halogens is 1. The van der Waals surface area contributed by atoms with Crippen molar-refractivity contribution in [3.8, 4) is 0 Å². The summed E-state index contributed by atoms with van der Waals surface area (Å²) in [7, 11) is 0. The molecule has 0 aliphatic heterocycles. The van der Waals surface area contributed by atoms with Crippen LogP contribution in [0.5, 0.6) is 0 Å². The standard InChI is InChI=1S/C16H14BrNO/c17-15-5-11(9-18-10-15)6-16(19)14-7-12-3-1-2-4-13(12)8-14/h1-5,9-10,14H,6-8H2. The van der Waals surface area contributed by atoms with Gasteiger partial charge in [-0.1, -0.05) is 24.3 Å². The van der Waals surface area contributed by atoms with E-state index in [1.807, 2.05) is 18.2 Å². The molecule has 0 fully saturated rings. The van der Waals surface area contributed by atoms with Crippen LogP contribution in [-0.2, 0) is 24.1 Å². The van der Waals surface area contributed by atoms with Gasteiger partial charge < -0.3 is 0 Å². The highest BCUT2D eigenvalue weighted by atomic mass is 79.9. The van der Waals surface area contributed by atoms with Crippen LogP contribution in [0.2, 0.25) is 0 Å². The lowest BCUT2D eigenvalue weighted by molar-refractivity contribution is -0.121. The summed E-state index contributed by atoms with van der Waals surface area (Å²) in [5, 5.41) is 0. The van der Waals surface area contributed by atoms with Gasteiger partial charge >= 0.3 is 0 Å². The highest BCUT2D eigenvalue weighted by Crippen LogP contribution is 2.28. The van der Waals surface area contributed by atoms with Crippen LogP contribution in [0, 0.1) is 5.92 Å². The zero-order chi connectivity index (χ0) is 13.2. The Hall–Kier alpha value is -1.48. The van der Waals surface area contributed by atoms with Crippen molar-refractivity contribution < 1.29 is 4.79 Å². The lowest BCUT2D eigenvalue weighted by atomic mass is 9.96. The fourth-order valence-electron chi connectivity index (χ4n) is 2.68. The van der Waals surface area contributed by atoms with E-state index in [2.05, 4.69) is 33.0 Å². The Balaban J connectivity index is 1.70. The van der Waals surface area contributed by atoms with E-state index in [9.17, 15) is 4.79 Å². The predicted octanol–water partition coefficient (Wildman–Crippen LogP) is 3.37. The first-order chi connectivity index (χ1) is 9.22. The van der Waals surface area contributed by atoms with Crippen molar-refractivity contribution in [1.29, 1.82) is 0 Å². The molecule has 0 radical (unpaired) electrons.